The van der Waals surface area contributed by atoms with Crippen molar-refractivity contribution in [3.8, 4) is 0 Å². The van der Waals surface area contributed by atoms with E-state index in [0.29, 0.717) is 29.7 Å². The van der Waals surface area contributed by atoms with Gasteiger partial charge in [0, 0.05) is 6.42 Å². The Morgan fingerprint density at radius 2 is 1.28 bits per heavy atom. The number of hydrogen-bond donors (Lipinski definition) is 2. The lowest BCUT2D eigenvalue weighted by Crippen LogP contribution is -2.45. The summed E-state index contributed by atoms with van der Waals surface area (Å²) in [4.78, 5) is 25.3. The average molecular weight is 771 g/mol. The summed E-state index contributed by atoms with van der Waals surface area (Å²) in [5, 5.41) is 13.8. The molecular weight excluding hydrogens is 687 g/mol. The van der Waals surface area contributed by atoms with Crippen LogP contribution in [0.25, 0.3) is 0 Å². The van der Waals surface area contributed by atoms with Crippen molar-refractivity contribution < 1.29 is 37.6 Å². The van der Waals surface area contributed by atoms with Gasteiger partial charge in [0.15, 0.2) is 0 Å². The number of epoxide rings is 1. The van der Waals surface area contributed by atoms with Crippen LogP contribution in [-0.4, -0.2) is 80.8 Å². The van der Waals surface area contributed by atoms with Gasteiger partial charge in [0.1, 0.15) is 13.2 Å². The number of phosphoric ester groups is 1. The number of phosphoric acid groups is 1. The second-order valence-electron chi connectivity index (χ2n) is 16.4. The first-order valence-corrected chi connectivity index (χ1v) is 23.3. The molecule has 0 aromatic carbocycles. The van der Waals surface area contributed by atoms with Gasteiger partial charge in [-0.25, -0.2) is 0 Å². The number of ether oxygens (including phenoxy) is 1. The van der Waals surface area contributed by atoms with Gasteiger partial charge in [-0.05, 0) is 44.9 Å². The highest BCUT2D eigenvalue weighted by Crippen LogP contribution is 2.38. The zero-order valence-corrected chi connectivity index (χ0v) is 35.8. The van der Waals surface area contributed by atoms with Crippen LogP contribution in [0.5, 0.6) is 0 Å². The molecule has 1 aliphatic heterocycles. The van der Waals surface area contributed by atoms with Crippen LogP contribution in [0.15, 0.2) is 24.3 Å². The van der Waals surface area contributed by atoms with Crippen LogP contribution in [0.3, 0.4) is 0 Å². The third-order valence-corrected chi connectivity index (χ3v) is 11.0. The molecule has 0 radical (unpaired) electrons. The fraction of sp³-hybridized carbons (Fsp3) is 0.884. The lowest BCUT2D eigenvalue weighted by molar-refractivity contribution is -0.870. The third-order valence-electron chi connectivity index (χ3n) is 10.1. The Morgan fingerprint density at radius 1 is 0.755 bits per heavy atom. The van der Waals surface area contributed by atoms with Crippen molar-refractivity contribution >= 4 is 13.7 Å². The monoisotopic (exact) mass is 771 g/mol. The number of allylic oxidation sites excluding steroid dienone is 2. The topological polar surface area (TPSA) is 120 Å². The van der Waals surface area contributed by atoms with Crippen LogP contribution in [-0.2, 0) is 23.1 Å². The predicted molar refractivity (Wildman–Crippen MR) is 219 cm³/mol. The van der Waals surface area contributed by atoms with Crippen LogP contribution in [0.2, 0.25) is 0 Å². The zero-order valence-electron chi connectivity index (χ0n) is 34.9. The van der Waals surface area contributed by atoms with Gasteiger partial charge in [0.05, 0.1) is 52.1 Å². The van der Waals surface area contributed by atoms with E-state index in [-0.39, 0.29) is 19.1 Å². The molecule has 0 spiro atoms. The fourth-order valence-electron chi connectivity index (χ4n) is 6.45. The summed E-state index contributed by atoms with van der Waals surface area (Å²) in [6.07, 6.45) is 38.1. The summed E-state index contributed by atoms with van der Waals surface area (Å²) < 4.78 is 28.9. The summed E-state index contributed by atoms with van der Waals surface area (Å²) in [7, 11) is 1.24. The molecule has 0 saturated carbocycles. The van der Waals surface area contributed by atoms with E-state index < -0.39 is 20.0 Å². The molecule has 53 heavy (non-hydrogen) atoms. The first-order chi connectivity index (χ1) is 25.5. The standard InChI is InChI=1S/C43H83N2O7P/c1-6-8-10-11-12-13-14-15-16-17-18-19-22-25-29-32-40(46)39(38-51-53(48,49)50-37-36-45(3,4)5)44-43(47)35-31-27-24-21-20-23-26-30-34-42-41(52-42)33-28-9-7-2/h26,29-30,32,39-42,46H,6-25,27-28,31,33-38H2,1-5H3,(H-,44,47,48,49)/b30-26-,32-29+/t39-,40+,41?,42?/m0/s1. The Kier molecular flexibility index (Phi) is 30.2. The number of rotatable bonds is 38. The third kappa shape index (κ3) is 31.8. The first-order valence-electron chi connectivity index (χ1n) is 21.8. The maximum Gasteiger partial charge on any atom is 0.268 e. The average Bonchev–Trinajstić information content (AvgIpc) is 3.86. The van der Waals surface area contributed by atoms with Gasteiger partial charge in [-0.1, -0.05) is 154 Å². The molecule has 312 valence electrons. The number of nitrogens with zero attached hydrogens (tertiary/aromatic N) is 1. The second kappa shape index (κ2) is 32.1. The second-order valence-corrected chi connectivity index (χ2v) is 17.8. The normalized spacial score (nSPS) is 18.5. The number of quaternary nitrogens is 1. The molecule has 1 heterocycles. The zero-order chi connectivity index (χ0) is 39.0. The van der Waals surface area contributed by atoms with Gasteiger partial charge in [-0.15, -0.1) is 0 Å². The van der Waals surface area contributed by atoms with Crippen LogP contribution in [0.1, 0.15) is 181 Å². The summed E-state index contributed by atoms with van der Waals surface area (Å²) >= 11 is 0. The maximum atomic E-state index is 12.8. The molecule has 2 N–H and O–H groups in total. The largest absolute Gasteiger partial charge is 0.756 e. The molecule has 0 aliphatic carbocycles. The molecule has 1 amide bonds. The van der Waals surface area contributed by atoms with Crippen molar-refractivity contribution in [1.82, 2.24) is 5.32 Å². The predicted octanol–water partition coefficient (Wildman–Crippen LogP) is 10.1. The minimum Gasteiger partial charge on any atom is -0.756 e. The highest BCUT2D eigenvalue weighted by molar-refractivity contribution is 7.45. The first kappa shape index (κ1) is 50.0. The number of aliphatic hydroxyl groups excluding tert-OH is 1. The van der Waals surface area contributed by atoms with Crippen LogP contribution >= 0.6 is 7.82 Å². The number of amides is 1. The molecule has 1 rings (SSSR count). The molecule has 1 fully saturated rings. The Hall–Kier alpha value is -1.06. The number of likely N-dealkylation sites (N-methyl/N-ethyl adjacent to an activating group) is 1. The van der Waals surface area contributed by atoms with Crippen LogP contribution in [0.4, 0.5) is 0 Å². The summed E-state index contributed by atoms with van der Waals surface area (Å²) in [5.74, 6) is -0.215. The van der Waals surface area contributed by atoms with Crippen LogP contribution < -0.4 is 10.2 Å². The minimum atomic E-state index is -4.59. The minimum absolute atomic E-state index is 0.00574. The van der Waals surface area contributed by atoms with E-state index >= 15 is 0 Å². The summed E-state index contributed by atoms with van der Waals surface area (Å²) in [5.41, 5.74) is 0. The SMILES string of the molecule is CCCCCCCCCCCCCCC/C=C/[C@@H](O)[C@H](COP(=O)([O-])OCC[N+](C)(C)C)NC(=O)CCCCCCC/C=C\CC1OC1CCCCC. The Balaban J connectivity index is 2.33. The Bertz CT molecular complexity index is 986. The van der Waals surface area contributed by atoms with E-state index in [1.165, 1.54) is 96.3 Å². The molecule has 5 atom stereocenters. The number of carbonyl (C=O) groups is 1. The molecule has 1 saturated heterocycles. The summed E-state index contributed by atoms with van der Waals surface area (Å²) in [6.45, 7) is 4.59. The van der Waals surface area contributed by atoms with Gasteiger partial charge in [-0.2, -0.15) is 0 Å². The molecule has 0 aromatic heterocycles. The van der Waals surface area contributed by atoms with Crippen molar-refractivity contribution in [3.63, 3.8) is 0 Å². The molecule has 9 nitrogen and oxygen atoms in total. The highest BCUT2D eigenvalue weighted by atomic mass is 31.2. The van der Waals surface area contributed by atoms with E-state index in [4.69, 9.17) is 13.8 Å². The number of carbonyl (C=O) groups excluding carboxylic acids is 1. The van der Waals surface area contributed by atoms with E-state index in [0.717, 1.165) is 64.2 Å². The van der Waals surface area contributed by atoms with Crippen molar-refractivity contribution in [3.05, 3.63) is 24.3 Å². The van der Waals surface area contributed by atoms with E-state index in [1.807, 2.05) is 27.2 Å². The Morgan fingerprint density at radius 3 is 1.87 bits per heavy atom. The van der Waals surface area contributed by atoms with Crippen molar-refractivity contribution in [2.24, 2.45) is 0 Å². The quantitative estimate of drug-likeness (QED) is 0.0211. The highest BCUT2D eigenvalue weighted by Gasteiger charge is 2.36. The molecule has 10 heteroatoms. The molecule has 1 aliphatic rings. The van der Waals surface area contributed by atoms with E-state index in [1.54, 1.807) is 6.08 Å². The van der Waals surface area contributed by atoms with Crippen LogP contribution in [0, 0.1) is 0 Å². The fourth-order valence-corrected chi connectivity index (χ4v) is 7.17. The molecule has 0 bridgehead atoms. The van der Waals surface area contributed by atoms with Gasteiger partial charge < -0.3 is 33.6 Å². The van der Waals surface area contributed by atoms with Gasteiger partial charge in [0.25, 0.3) is 7.82 Å². The number of nitrogens with one attached hydrogen (secondary N) is 1. The molecule has 0 aromatic rings. The van der Waals surface area contributed by atoms with Gasteiger partial charge >= 0.3 is 0 Å². The van der Waals surface area contributed by atoms with E-state index in [2.05, 4.69) is 31.3 Å². The number of unbranched alkanes of at least 4 members (excludes halogenated alkanes) is 20. The van der Waals surface area contributed by atoms with Crippen molar-refractivity contribution in [1.29, 1.82) is 0 Å². The van der Waals surface area contributed by atoms with E-state index in [9.17, 15) is 19.4 Å². The maximum absolute atomic E-state index is 12.8. The lowest BCUT2D eigenvalue weighted by atomic mass is 10.0. The lowest BCUT2D eigenvalue weighted by Gasteiger charge is -2.29. The number of aliphatic hydroxyl groups is 1. The van der Waals surface area contributed by atoms with Crippen molar-refractivity contribution in [2.75, 3.05) is 40.9 Å². The van der Waals surface area contributed by atoms with Gasteiger partial charge in [0.2, 0.25) is 5.91 Å². The van der Waals surface area contributed by atoms with Crippen molar-refractivity contribution in [2.45, 2.75) is 205 Å². The number of hydrogen-bond acceptors (Lipinski definition) is 7. The smallest absolute Gasteiger partial charge is 0.268 e. The summed E-state index contributed by atoms with van der Waals surface area (Å²) in [6, 6.07) is -0.894. The molecular formula is C43H83N2O7P. The van der Waals surface area contributed by atoms with Gasteiger partial charge in [-0.3, -0.25) is 9.36 Å². The molecule has 3 unspecified atom stereocenters. The Labute approximate surface area is 326 Å².